The highest BCUT2D eigenvalue weighted by molar-refractivity contribution is 9.10. The first-order valence-corrected chi connectivity index (χ1v) is 8.87. The predicted molar refractivity (Wildman–Crippen MR) is 89.0 cm³/mol. The summed E-state index contributed by atoms with van der Waals surface area (Å²) in [5.41, 5.74) is 2.05. The highest BCUT2D eigenvalue weighted by Gasteiger charge is 2.47. The molecule has 1 spiro atoms. The van der Waals surface area contributed by atoms with Gasteiger partial charge in [-0.2, -0.15) is 0 Å². The van der Waals surface area contributed by atoms with Crippen LogP contribution in [0.25, 0.3) is 0 Å². The van der Waals surface area contributed by atoms with Gasteiger partial charge in [-0.25, -0.2) is 0 Å². The van der Waals surface area contributed by atoms with E-state index in [0.717, 1.165) is 18.4 Å². The van der Waals surface area contributed by atoms with Crippen molar-refractivity contribution in [2.24, 2.45) is 17.3 Å². The van der Waals surface area contributed by atoms with E-state index in [-0.39, 0.29) is 0 Å². The fraction of sp³-hybridized carbons (Fsp3) is 0.667. The van der Waals surface area contributed by atoms with Crippen molar-refractivity contribution in [3.8, 4) is 0 Å². The molecule has 1 saturated carbocycles. The zero-order valence-corrected chi connectivity index (χ0v) is 14.2. The molecule has 0 bridgehead atoms. The summed E-state index contributed by atoms with van der Waals surface area (Å²) < 4.78 is 1.18. The summed E-state index contributed by atoms with van der Waals surface area (Å²) in [5.74, 6) is 2.43. The summed E-state index contributed by atoms with van der Waals surface area (Å²) in [6.45, 7) is 7.31. The minimum absolute atomic E-state index is 0.525. The van der Waals surface area contributed by atoms with E-state index in [4.69, 9.17) is 0 Å². The normalized spacial score (nSPS) is 38.0. The van der Waals surface area contributed by atoms with Crippen molar-refractivity contribution in [1.82, 2.24) is 5.32 Å². The maximum absolute atomic E-state index is 3.64. The number of benzene rings is 1. The smallest absolute Gasteiger partial charge is 0.0175 e. The molecule has 2 aliphatic rings. The Morgan fingerprint density at radius 3 is 2.65 bits per heavy atom. The highest BCUT2D eigenvalue weighted by atomic mass is 79.9. The zero-order valence-electron chi connectivity index (χ0n) is 12.7. The third-order valence-corrected chi connectivity index (χ3v) is 6.41. The monoisotopic (exact) mass is 335 g/mol. The third kappa shape index (κ3) is 2.57. The van der Waals surface area contributed by atoms with E-state index in [0.29, 0.717) is 11.3 Å². The molecular formula is C18H26BrN. The topological polar surface area (TPSA) is 12.0 Å². The summed E-state index contributed by atoms with van der Waals surface area (Å²) in [5, 5.41) is 3.64. The molecule has 4 atom stereocenters. The summed E-state index contributed by atoms with van der Waals surface area (Å²) in [7, 11) is 0. The Kier molecular flexibility index (Phi) is 4.24. The molecule has 1 N–H and O–H groups in total. The second-order valence-corrected chi connectivity index (χ2v) is 7.99. The van der Waals surface area contributed by atoms with Crippen LogP contribution in [0.15, 0.2) is 28.7 Å². The molecule has 0 radical (unpaired) electrons. The van der Waals surface area contributed by atoms with Gasteiger partial charge in [0, 0.05) is 16.9 Å². The third-order valence-electron chi connectivity index (χ3n) is 5.88. The summed E-state index contributed by atoms with van der Waals surface area (Å²) in [6.07, 6.45) is 5.59. The second kappa shape index (κ2) is 5.81. The van der Waals surface area contributed by atoms with Gasteiger partial charge in [0.1, 0.15) is 0 Å². The highest BCUT2D eigenvalue weighted by Crippen LogP contribution is 2.55. The van der Waals surface area contributed by atoms with Crippen molar-refractivity contribution in [2.45, 2.75) is 45.4 Å². The van der Waals surface area contributed by atoms with E-state index >= 15 is 0 Å². The van der Waals surface area contributed by atoms with E-state index in [9.17, 15) is 0 Å². The SMILES string of the molecule is CC1CCC(C)C2(CCNCC2c2ccc(Br)cc2)C1. The van der Waals surface area contributed by atoms with Gasteiger partial charge in [-0.05, 0) is 60.8 Å². The van der Waals surface area contributed by atoms with E-state index in [1.54, 1.807) is 0 Å². The molecule has 0 amide bonds. The molecule has 1 aromatic rings. The molecule has 0 aromatic heterocycles. The fourth-order valence-corrected chi connectivity index (χ4v) is 4.96. The molecule has 1 heterocycles. The van der Waals surface area contributed by atoms with Crippen LogP contribution >= 0.6 is 15.9 Å². The van der Waals surface area contributed by atoms with Crippen molar-refractivity contribution < 1.29 is 0 Å². The number of halogens is 1. The Labute approximate surface area is 131 Å². The van der Waals surface area contributed by atoms with Crippen LogP contribution in [0.3, 0.4) is 0 Å². The van der Waals surface area contributed by atoms with Gasteiger partial charge in [0.15, 0.2) is 0 Å². The van der Waals surface area contributed by atoms with Crippen LogP contribution in [0.5, 0.6) is 0 Å². The second-order valence-electron chi connectivity index (χ2n) is 7.08. The Balaban J connectivity index is 1.95. The average Bonchev–Trinajstić information content (AvgIpc) is 2.45. The molecule has 1 aliphatic heterocycles. The van der Waals surface area contributed by atoms with Crippen LogP contribution in [-0.4, -0.2) is 13.1 Å². The van der Waals surface area contributed by atoms with Crippen LogP contribution in [0.4, 0.5) is 0 Å². The van der Waals surface area contributed by atoms with Crippen LogP contribution in [0, 0.1) is 17.3 Å². The number of hydrogen-bond donors (Lipinski definition) is 1. The van der Waals surface area contributed by atoms with Crippen molar-refractivity contribution >= 4 is 15.9 Å². The maximum atomic E-state index is 3.64. The van der Waals surface area contributed by atoms with Gasteiger partial charge in [-0.1, -0.05) is 48.3 Å². The maximum Gasteiger partial charge on any atom is 0.0175 e. The van der Waals surface area contributed by atoms with Crippen LogP contribution in [0.2, 0.25) is 0 Å². The molecule has 1 saturated heterocycles. The molecule has 1 aromatic carbocycles. The first-order valence-electron chi connectivity index (χ1n) is 8.08. The van der Waals surface area contributed by atoms with E-state index in [1.165, 1.54) is 42.3 Å². The van der Waals surface area contributed by atoms with E-state index < -0.39 is 0 Å². The van der Waals surface area contributed by atoms with Gasteiger partial charge in [-0.15, -0.1) is 0 Å². The lowest BCUT2D eigenvalue weighted by Crippen LogP contribution is -2.49. The largest absolute Gasteiger partial charge is 0.316 e. The average molecular weight is 336 g/mol. The van der Waals surface area contributed by atoms with Gasteiger partial charge in [-0.3, -0.25) is 0 Å². The number of nitrogens with one attached hydrogen (secondary N) is 1. The van der Waals surface area contributed by atoms with Crippen LogP contribution in [0.1, 0.15) is 51.0 Å². The van der Waals surface area contributed by atoms with Gasteiger partial charge < -0.3 is 5.32 Å². The molecular weight excluding hydrogens is 310 g/mol. The number of rotatable bonds is 1. The zero-order chi connectivity index (χ0) is 14.2. The fourth-order valence-electron chi connectivity index (χ4n) is 4.70. The molecule has 1 nitrogen and oxygen atoms in total. The van der Waals surface area contributed by atoms with Gasteiger partial charge >= 0.3 is 0 Å². The summed E-state index contributed by atoms with van der Waals surface area (Å²) in [6, 6.07) is 9.06. The van der Waals surface area contributed by atoms with Crippen LogP contribution in [-0.2, 0) is 0 Å². The molecule has 4 unspecified atom stereocenters. The van der Waals surface area contributed by atoms with Gasteiger partial charge in [0.2, 0.25) is 0 Å². The summed E-state index contributed by atoms with van der Waals surface area (Å²) >= 11 is 3.56. The van der Waals surface area contributed by atoms with Crippen molar-refractivity contribution in [3.05, 3.63) is 34.3 Å². The Morgan fingerprint density at radius 2 is 1.90 bits per heavy atom. The van der Waals surface area contributed by atoms with E-state index in [2.05, 4.69) is 59.4 Å². The Morgan fingerprint density at radius 1 is 1.15 bits per heavy atom. The number of hydrogen-bond acceptors (Lipinski definition) is 1. The Bertz CT molecular complexity index is 455. The lowest BCUT2D eigenvalue weighted by atomic mass is 9.54. The van der Waals surface area contributed by atoms with E-state index in [1.807, 2.05) is 0 Å². The lowest BCUT2D eigenvalue weighted by molar-refractivity contribution is 0.0184. The standard InChI is InChI=1S/C18H26BrN/c1-13-3-4-14(2)18(11-13)9-10-20-12-17(18)15-5-7-16(19)8-6-15/h5-8,13-14,17,20H,3-4,9-12H2,1-2H3. The quantitative estimate of drug-likeness (QED) is 0.764. The molecule has 20 heavy (non-hydrogen) atoms. The first kappa shape index (κ1) is 14.6. The van der Waals surface area contributed by atoms with Crippen molar-refractivity contribution in [1.29, 1.82) is 0 Å². The number of piperidine rings is 1. The Hall–Kier alpha value is -0.340. The van der Waals surface area contributed by atoms with Gasteiger partial charge in [0.25, 0.3) is 0 Å². The van der Waals surface area contributed by atoms with Crippen molar-refractivity contribution in [3.63, 3.8) is 0 Å². The molecule has 1 aliphatic carbocycles. The molecule has 2 fully saturated rings. The minimum Gasteiger partial charge on any atom is -0.316 e. The van der Waals surface area contributed by atoms with Crippen LogP contribution < -0.4 is 5.32 Å². The first-order chi connectivity index (χ1) is 9.62. The predicted octanol–water partition coefficient (Wildman–Crippen LogP) is 4.97. The summed E-state index contributed by atoms with van der Waals surface area (Å²) in [4.78, 5) is 0. The van der Waals surface area contributed by atoms with Crippen molar-refractivity contribution in [2.75, 3.05) is 13.1 Å². The minimum atomic E-state index is 0.525. The molecule has 110 valence electrons. The molecule has 2 heteroatoms. The van der Waals surface area contributed by atoms with Gasteiger partial charge in [0.05, 0.1) is 0 Å². The lowest BCUT2D eigenvalue weighted by Gasteiger charge is -2.53. The molecule has 3 rings (SSSR count).